The molecule has 2 unspecified atom stereocenters. The van der Waals surface area contributed by atoms with E-state index in [-0.39, 0.29) is 18.4 Å². The zero-order chi connectivity index (χ0) is 23.4. The Hall–Kier alpha value is -2.39. The number of alkyl halides is 3. The van der Waals surface area contributed by atoms with Crippen molar-refractivity contribution in [3.05, 3.63) is 36.2 Å². The van der Waals surface area contributed by atoms with E-state index < -0.39 is 17.3 Å². The molecule has 3 N–H and O–H groups in total. The number of anilines is 1. The zero-order valence-electron chi connectivity index (χ0n) is 18.7. The standard InChI is InChI=1S/C23H31F3N4O2/c1-15(2)11-22(3,27)13-32-20-7-6-16(9-18(20)23(24,25)26)19-10-21(29-14-28-19)30-17-5-4-8-31-12-17/h6-7,9-10,14-15,17H,4-5,8,11-13,27H2,1-3H3,(H,28,29,30). The highest BCUT2D eigenvalue weighted by molar-refractivity contribution is 5.65. The Kier molecular flexibility index (Phi) is 7.61. The van der Waals surface area contributed by atoms with Gasteiger partial charge in [-0.15, -0.1) is 0 Å². The Morgan fingerprint density at radius 1 is 1.25 bits per heavy atom. The fourth-order valence-electron chi connectivity index (χ4n) is 3.93. The minimum atomic E-state index is -4.58. The number of aromatic nitrogens is 2. The molecule has 0 amide bonds. The quantitative estimate of drug-likeness (QED) is 0.593. The highest BCUT2D eigenvalue weighted by Gasteiger charge is 2.35. The monoisotopic (exact) mass is 452 g/mol. The van der Waals surface area contributed by atoms with Crippen LogP contribution in [0.1, 0.15) is 45.6 Å². The number of nitrogens with zero attached hydrogens (tertiary/aromatic N) is 2. The van der Waals surface area contributed by atoms with E-state index in [1.54, 1.807) is 19.1 Å². The maximum Gasteiger partial charge on any atom is 0.419 e. The summed E-state index contributed by atoms with van der Waals surface area (Å²) in [6, 6.07) is 5.71. The molecular formula is C23H31F3N4O2. The van der Waals surface area contributed by atoms with Crippen molar-refractivity contribution in [2.24, 2.45) is 11.7 Å². The van der Waals surface area contributed by atoms with Gasteiger partial charge in [-0.1, -0.05) is 13.8 Å². The Morgan fingerprint density at radius 2 is 2.03 bits per heavy atom. The summed E-state index contributed by atoms with van der Waals surface area (Å²) in [6.07, 6.45) is -0.715. The molecule has 1 aromatic heterocycles. The van der Waals surface area contributed by atoms with Crippen molar-refractivity contribution in [3.63, 3.8) is 0 Å². The van der Waals surface area contributed by atoms with Crippen molar-refractivity contribution in [3.8, 4) is 17.0 Å². The molecule has 0 spiro atoms. The molecule has 2 aromatic rings. The van der Waals surface area contributed by atoms with Gasteiger partial charge in [0.25, 0.3) is 0 Å². The molecule has 6 nitrogen and oxygen atoms in total. The number of halogens is 3. The lowest BCUT2D eigenvalue weighted by Crippen LogP contribution is -2.43. The summed E-state index contributed by atoms with van der Waals surface area (Å²) in [5.41, 5.74) is 5.33. The summed E-state index contributed by atoms with van der Waals surface area (Å²) in [6.45, 7) is 7.09. The van der Waals surface area contributed by atoms with Crippen LogP contribution in [0, 0.1) is 5.92 Å². The van der Waals surface area contributed by atoms with Gasteiger partial charge in [-0.25, -0.2) is 9.97 Å². The third-order valence-corrected chi connectivity index (χ3v) is 5.19. The summed E-state index contributed by atoms with van der Waals surface area (Å²) in [4.78, 5) is 8.35. The van der Waals surface area contributed by atoms with Gasteiger partial charge in [0.2, 0.25) is 0 Å². The molecular weight excluding hydrogens is 421 g/mol. The first-order chi connectivity index (χ1) is 15.0. The van der Waals surface area contributed by atoms with Crippen molar-refractivity contribution in [1.82, 2.24) is 9.97 Å². The molecule has 9 heteroatoms. The molecule has 1 fully saturated rings. The normalized spacial score (nSPS) is 18.9. The minimum absolute atomic E-state index is 0.0152. The fraction of sp³-hybridized carbons (Fsp3) is 0.565. The lowest BCUT2D eigenvalue weighted by Gasteiger charge is -2.27. The number of nitrogens with one attached hydrogen (secondary N) is 1. The summed E-state index contributed by atoms with van der Waals surface area (Å²) < 4.78 is 52.4. The van der Waals surface area contributed by atoms with E-state index in [1.165, 1.54) is 12.4 Å². The van der Waals surface area contributed by atoms with E-state index in [2.05, 4.69) is 15.3 Å². The first-order valence-electron chi connectivity index (χ1n) is 10.8. The maximum absolute atomic E-state index is 13.8. The highest BCUT2D eigenvalue weighted by atomic mass is 19.4. The molecule has 176 valence electrons. The van der Waals surface area contributed by atoms with E-state index in [1.807, 2.05) is 13.8 Å². The van der Waals surface area contributed by atoms with Crippen LogP contribution in [0.4, 0.5) is 19.0 Å². The van der Waals surface area contributed by atoms with Gasteiger partial charge in [0.1, 0.15) is 24.5 Å². The second-order valence-corrected chi connectivity index (χ2v) is 9.10. The van der Waals surface area contributed by atoms with Gasteiger partial charge in [-0.2, -0.15) is 13.2 Å². The Balaban J connectivity index is 1.81. The smallest absolute Gasteiger partial charge is 0.419 e. The van der Waals surface area contributed by atoms with Crippen LogP contribution in [0.3, 0.4) is 0 Å². The molecule has 1 aliphatic heterocycles. The van der Waals surface area contributed by atoms with E-state index >= 15 is 0 Å². The van der Waals surface area contributed by atoms with Gasteiger partial charge in [0, 0.05) is 23.8 Å². The number of hydrogen-bond acceptors (Lipinski definition) is 6. The van der Waals surface area contributed by atoms with Crippen LogP contribution < -0.4 is 15.8 Å². The van der Waals surface area contributed by atoms with Gasteiger partial charge in [-0.3, -0.25) is 0 Å². The van der Waals surface area contributed by atoms with Crippen LogP contribution in [0.5, 0.6) is 5.75 Å². The molecule has 0 radical (unpaired) electrons. The van der Waals surface area contributed by atoms with Gasteiger partial charge < -0.3 is 20.5 Å². The second-order valence-electron chi connectivity index (χ2n) is 9.10. The van der Waals surface area contributed by atoms with Crippen molar-refractivity contribution in [1.29, 1.82) is 0 Å². The van der Waals surface area contributed by atoms with Gasteiger partial charge in [-0.05, 0) is 50.3 Å². The SMILES string of the molecule is CC(C)CC(C)(N)COc1ccc(-c2cc(NC3CCCOC3)ncn2)cc1C(F)(F)F. The molecule has 1 saturated heterocycles. The van der Waals surface area contributed by atoms with Crippen LogP contribution >= 0.6 is 0 Å². The van der Waals surface area contributed by atoms with Crippen molar-refractivity contribution < 1.29 is 22.6 Å². The van der Waals surface area contributed by atoms with Gasteiger partial charge >= 0.3 is 6.18 Å². The van der Waals surface area contributed by atoms with E-state index in [9.17, 15) is 13.2 Å². The predicted octanol–water partition coefficient (Wildman–Crippen LogP) is 4.90. The first kappa shape index (κ1) is 24.3. The number of nitrogens with two attached hydrogens (primary N) is 1. The Labute approximate surface area is 186 Å². The Bertz CT molecular complexity index is 897. The van der Waals surface area contributed by atoms with Crippen LogP contribution in [0.2, 0.25) is 0 Å². The molecule has 0 bridgehead atoms. The van der Waals surface area contributed by atoms with E-state index in [0.29, 0.717) is 36.0 Å². The molecule has 32 heavy (non-hydrogen) atoms. The van der Waals surface area contributed by atoms with Crippen molar-refractivity contribution >= 4 is 5.82 Å². The topological polar surface area (TPSA) is 82.3 Å². The zero-order valence-corrected chi connectivity index (χ0v) is 18.7. The molecule has 1 aromatic carbocycles. The summed E-state index contributed by atoms with van der Waals surface area (Å²) >= 11 is 0. The average Bonchev–Trinajstić information content (AvgIpc) is 2.71. The fourth-order valence-corrected chi connectivity index (χ4v) is 3.93. The van der Waals surface area contributed by atoms with E-state index in [0.717, 1.165) is 25.5 Å². The van der Waals surface area contributed by atoms with Crippen LogP contribution in [0.15, 0.2) is 30.6 Å². The third kappa shape index (κ3) is 6.80. The van der Waals surface area contributed by atoms with Gasteiger partial charge in [0.05, 0.1) is 23.9 Å². The number of ether oxygens (including phenoxy) is 2. The van der Waals surface area contributed by atoms with Crippen molar-refractivity contribution in [2.75, 3.05) is 25.1 Å². The summed E-state index contributed by atoms with van der Waals surface area (Å²) in [7, 11) is 0. The third-order valence-electron chi connectivity index (χ3n) is 5.19. The van der Waals surface area contributed by atoms with Crippen LogP contribution in [-0.4, -0.2) is 41.4 Å². The first-order valence-corrected chi connectivity index (χ1v) is 10.8. The summed E-state index contributed by atoms with van der Waals surface area (Å²) in [5, 5.41) is 3.26. The van der Waals surface area contributed by atoms with Gasteiger partial charge in [0.15, 0.2) is 0 Å². The lowest BCUT2D eigenvalue weighted by molar-refractivity contribution is -0.139. The minimum Gasteiger partial charge on any atom is -0.491 e. The molecule has 3 rings (SSSR count). The molecule has 0 aliphatic carbocycles. The second kappa shape index (κ2) is 10.0. The van der Waals surface area contributed by atoms with Crippen LogP contribution in [-0.2, 0) is 10.9 Å². The number of hydrogen-bond donors (Lipinski definition) is 2. The molecule has 2 heterocycles. The number of benzene rings is 1. The van der Waals surface area contributed by atoms with Crippen molar-refractivity contribution in [2.45, 2.75) is 57.8 Å². The lowest BCUT2D eigenvalue weighted by atomic mass is 9.93. The maximum atomic E-state index is 13.8. The number of rotatable bonds is 8. The van der Waals surface area contributed by atoms with Crippen LogP contribution in [0.25, 0.3) is 11.3 Å². The molecule has 2 atom stereocenters. The average molecular weight is 453 g/mol. The summed E-state index contributed by atoms with van der Waals surface area (Å²) in [5.74, 6) is 0.610. The highest BCUT2D eigenvalue weighted by Crippen LogP contribution is 2.39. The molecule has 0 saturated carbocycles. The van der Waals surface area contributed by atoms with E-state index in [4.69, 9.17) is 15.2 Å². The Morgan fingerprint density at radius 3 is 2.69 bits per heavy atom. The largest absolute Gasteiger partial charge is 0.491 e. The molecule has 1 aliphatic rings. The predicted molar refractivity (Wildman–Crippen MR) is 117 cm³/mol.